The fourth-order valence-corrected chi connectivity index (χ4v) is 1.87. The van der Waals surface area contributed by atoms with Gasteiger partial charge in [0.15, 0.2) is 0 Å². The second kappa shape index (κ2) is 5.57. The van der Waals surface area contributed by atoms with Crippen LogP contribution in [0, 0.1) is 11.3 Å². The number of rotatable bonds is 3. The van der Waals surface area contributed by atoms with Gasteiger partial charge in [0, 0.05) is 12.6 Å². The van der Waals surface area contributed by atoms with Gasteiger partial charge in [-0.3, -0.25) is 9.48 Å². The van der Waals surface area contributed by atoms with Gasteiger partial charge >= 0.3 is 0 Å². The van der Waals surface area contributed by atoms with Crippen molar-refractivity contribution in [2.75, 3.05) is 5.32 Å². The van der Waals surface area contributed by atoms with Crippen molar-refractivity contribution < 1.29 is 4.79 Å². The number of nitriles is 1. The highest BCUT2D eigenvalue weighted by Crippen LogP contribution is 2.17. The average molecular weight is 268 g/mol. The lowest BCUT2D eigenvalue weighted by atomic mass is 10.0. The zero-order valence-corrected chi connectivity index (χ0v) is 11.7. The number of nitrogens with one attached hydrogen (secondary N) is 1. The lowest BCUT2D eigenvalue weighted by Crippen LogP contribution is -2.15. The highest BCUT2D eigenvalue weighted by Gasteiger charge is 2.13. The molecule has 102 valence electrons. The number of hydrogen-bond acceptors (Lipinski definition) is 3. The van der Waals surface area contributed by atoms with Gasteiger partial charge in [-0.15, -0.1) is 0 Å². The highest BCUT2D eigenvalue weighted by molar-refractivity contribution is 6.04. The molecule has 1 heterocycles. The first kappa shape index (κ1) is 13.8. The summed E-state index contributed by atoms with van der Waals surface area (Å²) in [6.45, 7) is 4.20. The molecule has 5 nitrogen and oxygen atoms in total. The number of carbonyl (C=O) groups excluding carboxylic acids is 1. The van der Waals surface area contributed by atoms with Gasteiger partial charge in [-0.1, -0.05) is 26.0 Å². The smallest absolute Gasteiger partial charge is 0.256 e. The summed E-state index contributed by atoms with van der Waals surface area (Å²) >= 11 is 0. The lowest BCUT2D eigenvalue weighted by molar-refractivity contribution is 0.102. The molecule has 0 radical (unpaired) electrons. The quantitative estimate of drug-likeness (QED) is 0.930. The Bertz CT molecular complexity index is 662. The summed E-state index contributed by atoms with van der Waals surface area (Å²) in [5.74, 6) is 0.584. The molecule has 20 heavy (non-hydrogen) atoms. The number of aromatic nitrogens is 2. The molecule has 0 atom stereocenters. The minimum Gasteiger partial charge on any atom is -0.306 e. The predicted molar refractivity (Wildman–Crippen MR) is 76.4 cm³/mol. The third kappa shape index (κ3) is 2.69. The topological polar surface area (TPSA) is 70.7 Å². The molecule has 0 aliphatic carbocycles. The van der Waals surface area contributed by atoms with E-state index in [-0.39, 0.29) is 5.91 Å². The van der Waals surface area contributed by atoms with E-state index < -0.39 is 0 Å². The van der Waals surface area contributed by atoms with E-state index >= 15 is 0 Å². The van der Waals surface area contributed by atoms with E-state index in [1.807, 2.05) is 18.2 Å². The van der Waals surface area contributed by atoms with E-state index in [9.17, 15) is 4.79 Å². The van der Waals surface area contributed by atoms with Crippen LogP contribution < -0.4 is 5.32 Å². The van der Waals surface area contributed by atoms with Crippen molar-refractivity contribution >= 4 is 11.7 Å². The molecule has 0 saturated heterocycles. The van der Waals surface area contributed by atoms with Gasteiger partial charge in [0.1, 0.15) is 17.5 Å². The third-order valence-electron chi connectivity index (χ3n) is 3.13. The Labute approximate surface area is 117 Å². The normalized spacial score (nSPS) is 10.3. The summed E-state index contributed by atoms with van der Waals surface area (Å²) in [4.78, 5) is 12.2. The number of nitrogens with zero attached hydrogens (tertiary/aromatic N) is 3. The Balaban J connectivity index is 2.20. The predicted octanol–water partition coefficient (Wildman–Crippen LogP) is 2.67. The molecule has 0 spiro atoms. The second-order valence-electron chi connectivity index (χ2n) is 4.87. The molecular weight excluding hydrogens is 252 g/mol. The SMILES string of the molecule is CC(C)c1ccc(C(=O)Nc2c(C#N)cnn2C)cc1. The maximum atomic E-state index is 12.2. The molecule has 0 aliphatic rings. The molecule has 0 fully saturated rings. The zero-order chi connectivity index (χ0) is 14.7. The third-order valence-corrected chi connectivity index (χ3v) is 3.13. The van der Waals surface area contributed by atoms with E-state index in [1.165, 1.54) is 16.4 Å². The molecule has 1 aromatic carbocycles. The number of amides is 1. The molecule has 1 N–H and O–H groups in total. The summed E-state index contributed by atoms with van der Waals surface area (Å²) in [6, 6.07) is 9.45. The van der Waals surface area contributed by atoms with Crippen molar-refractivity contribution in [2.24, 2.45) is 7.05 Å². The summed E-state index contributed by atoms with van der Waals surface area (Å²) in [6.07, 6.45) is 1.43. The van der Waals surface area contributed by atoms with Gasteiger partial charge in [-0.25, -0.2) is 0 Å². The molecule has 1 aromatic heterocycles. The van der Waals surface area contributed by atoms with Crippen LogP contribution in [0.4, 0.5) is 5.82 Å². The van der Waals surface area contributed by atoms with Crippen LogP contribution in [0.1, 0.15) is 41.3 Å². The maximum absolute atomic E-state index is 12.2. The van der Waals surface area contributed by atoms with Crippen LogP contribution in [0.2, 0.25) is 0 Å². The fraction of sp³-hybridized carbons (Fsp3) is 0.267. The van der Waals surface area contributed by atoms with Crippen molar-refractivity contribution in [3.63, 3.8) is 0 Å². The summed E-state index contributed by atoms with van der Waals surface area (Å²) in [5, 5.41) is 15.6. The average Bonchev–Trinajstić information content (AvgIpc) is 2.79. The Morgan fingerprint density at radius 2 is 2.00 bits per heavy atom. The number of carbonyl (C=O) groups is 1. The van der Waals surface area contributed by atoms with Crippen LogP contribution in [0.25, 0.3) is 0 Å². The van der Waals surface area contributed by atoms with Gasteiger partial charge in [0.2, 0.25) is 0 Å². The first-order chi connectivity index (χ1) is 9.52. The lowest BCUT2D eigenvalue weighted by Gasteiger charge is -2.08. The van der Waals surface area contributed by atoms with Crippen LogP contribution in [0.5, 0.6) is 0 Å². The van der Waals surface area contributed by atoms with E-state index in [4.69, 9.17) is 5.26 Å². The Morgan fingerprint density at radius 1 is 1.35 bits per heavy atom. The molecule has 0 saturated carbocycles. The summed E-state index contributed by atoms with van der Waals surface area (Å²) in [7, 11) is 1.68. The Morgan fingerprint density at radius 3 is 2.55 bits per heavy atom. The molecule has 0 bridgehead atoms. The number of aryl methyl sites for hydroxylation is 1. The Kier molecular flexibility index (Phi) is 3.85. The zero-order valence-electron chi connectivity index (χ0n) is 11.7. The van der Waals surface area contributed by atoms with E-state index in [0.717, 1.165) is 0 Å². The summed E-state index contributed by atoms with van der Waals surface area (Å²) < 4.78 is 1.47. The van der Waals surface area contributed by atoms with Crippen molar-refractivity contribution in [3.05, 3.63) is 47.2 Å². The first-order valence-corrected chi connectivity index (χ1v) is 6.36. The first-order valence-electron chi connectivity index (χ1n) is 6.36. The van der Waals surface area contributed by atoms with Crippen LogP contribution in [0.15, 0.2) is 30.5 Å². The van der Waals surface area contributed by atoms with Gasteiger partial charge in [0.05, 0.1) is 6.20 Å². The second-order valence-corrected chi connectivity index (χ2v) is 4.87. The molecule has 1 amide bonds. The van der Waals surface area contributed by atoms with Crippen LogP contribution >= 0.6 is 0 Å². The van der Waals surface area contributed by atoms with Crippen LogP contribution in [0.3, 0.4) is 0 Å². The molecule has 5 heteroatoms. The van der Waals surface area contributed by atoms with Crippen LogP contribution in [-0.4, -0.2) is 15.7 Å². The van der Waals surface area contributed by atoms with Crippen molar-refractivity contribution in [1.82, 2.24) is 9.78 Å². The minimum absolute atomic E-state index is 0.250. The maximum Gasteiger partial charge on any atom is 0.256 e. The fourth-order valence-electron chi connectivity index (χ4n) is 1.87. The van der Waals surface area contributed by atoms with E-state index in [0.29, 0.717) is 22.9 Å². The number of hydrogen-bond donors (Lipinski definition) is 1. The molecule has 2 aromatic rings. The standard InChI is InChI=1S/C15H16N4O/c1-10(2)11-4-6-12(7-5-11)15(20)18-14-13(8-16)9-17-19(14)3/h4-7,9-10H,1-3H3,(H,18,20). The highest BCUT2D eigenvalue weighted by atomic mass is 16.1. The monoisotopic (exact) mass is 268 g/mol. The van der Waals surface area contributed by atoms with Crippen molar-refractivity contribution in [1.29, 1.82) is 5.26 Å². The van der Waals surface area contributed by atoms with Gasteiger partial charge in [-0.05, 0) is 23.6 Å². The van der Waals surface area contributed by atoms with Gasteiger partial charge in [0.25, 0.3) is 5.91 Å². The number of benzene rings is 1. The van der Waals surface area contributed by atoms with Gasteiger partial charge in [-0.2, -0.15) is 10.4 Å². The molecule has 0 unspecified atom stereocenters. The van der Waals surface area contributed by atoms with E-state index in [1.54, 1.807) is 19.2 Å². The molecule has 0 aliphatic heterocycles. The van der Waals surface area contributed by atoms with Crippen molar-refractivity contribution in [3.8, 4) is 6.07 Å². The minimum atomic E-state index is -0.250. The van der Waals surface area contributed by atoms with Gasteiger partial charge < -0.3 is 5.32 Å². The number of anilines is 1. The van der Waals surface area contributed by atoms with E-state index in [2.05, 4.69) is 24.3 Å². The summed E-state index contributed by atoms with van der Waals surface area (Å²) in [5.41, 5.74) is 2.08. The van der Waals surface area contributed by atoms with Crippen LogP contribution in [-0.2, 0) is 7.05 Å². The molecule has 2 rings (SSSR count). The largest absolute Gasteiger partial charge is 0.306 e. The Hall–Kier alpha value is -2.61. The molecular formula is C15H16N4O. The van der Waals surface area contributed by atoms with Crippen molar-refractivity contribution in [2.45, 2.75) is 19.8 Å².